The van der Waals surface area contributed by atoms with Gasteiger partial charge in [0.15, 0.2) is 0 Å². The number of rotatable bonds is 5. The number of hydrogen-bond acceptors (Lipinski definition) is 7. The number of nitro groups is 1. The molecule has 1 heterocycles. The van der Waals surface area contributed by atoms with E-state index >= 15 is 0 Å². The summed E-state index contributed by atoms with van der Waals surface area (Å²) in [6.45, 7) is 11.0. The smallest absolute Gasteiger partial charge is 0.351 e. The van der Waals surface area contributed by atoms with Gasteiger partial charge in [0.1, 0.15) is 11.9 Å². The Morgan fingerprint density at radius 1 is 1.26 bits per heavy atom. The van der Waals surface area contributed by atoms with E-state index < -0.39 is 44.8 Å². The zero-order valence-electron chi connectivity index (χ0n) is 18.8. The lowest BCUT2D eigenvalue weighted by Crippen LogP contribution is -2.49. The Hall–Kier alpha value is -1.91. The van der Waals surface area contributed by atoms with Gasteiger partial charge in [-0.1, -0.05) is 34.6 Å². The van der Waals surface area contributed by atoms with Crippen LogP contribution in [0.1, 0.15) is 66.1 Å². The van der Waals surface area contributed by atoms with Gasteiger partial charge in [-0.05, 0) is 48.4 Å². The molecule has 1 aromatic carbocycles. The van der Waals surface area contributed by atoms with E-state index in [1.807, 2.05) is 64.1 Å². The van der Waals surface area contributed by atoms with Gasteiger partial charge < -0.3 is 14.2 Å². The third kappa shape index (κ3) is 3.30. The number of benzene rings is 1. The average molecular weight is 545 g/mol. The van der Waals surface area contributed by atoms with Gasteiger partial charge in [0.25, 0.3) is 5.69 Å². The number of methoxy groups -OCH3 is 1. The fourth-order valence-electron chi connectivity index (χ4n) is 4.69. The molecule has 1 aromatic rings. The van der Waals surface area contributed by atoms with Gasteiger partial charge in [-0.2, -0.15) is 0 Å². The molecule has 8 nitrogen and oxygen atoms in total. The number of nitrogens with zero attached hydrogens (tertiary/aromatic N) is 1. The summed E-state index contributed by atoms with van der Waals surface area (Å²) < 4.78 is 17.6. The Morgan fingerprint density at radius 3 is 2.29 bits per heavy atom. The fraction of sp³-hybridized carbons (Fsp3) is 0.636. The normalized spacial score (nSPS) is 27.5. The molecule has 2 fully saturated rings. The Labute approximate surface area is 195 Å². The van der Waals surface area contributed by atoms with Crippen LogP contribution in [0.3, 0.4) is 0 Å². The summed E-state index contributed by atoms with van der Waals surface area (Å²) in [6, 6.07) is 2.96. The van der Waals surface area contributed by atoms with E-state index in [4.69, 9.17) is 14.2 Å². The molecule has 9 heteroatoms. The van der Waals surface area contributed by atoms with Gasteiger partial charge in [-0.3, -0.25) is 14.9 Å². The molecule has 31 heavy (non-hydrogen) atoms. The largest absolute Gasteiger partial charge is 0.496 e. The minimum atomic E-state index is -1.41. The van der Waals surface area contributed by atoms with Crippen molar-refractivity contribution in [2.45, 2.75) is 66.1 Å². The molecule has 2 aliphatic rings. The second kappa shape index (κ2) is 7.31. The maximum absolute atomic E-state index is 13.6. The van der Waals surface area contributed by atoms with Crippen molar-refractivity contribution in [2.75, 3.05) is 7.11 Å². The Kier molecular flexibility index (Phi) is 5.60. The summed E-state index contributed by atoms with van der Waals surface area (Å²) in [4.78, 5) is 37.4. The van der Waals surface area contributed by atoms with Crippen molar-refractivity contribution < 1.29 is 28.7 Å². The molecule has 3 atom stereocenters. The number of esters is 2. The summed E-state index contributed by atoms with van der Waals surface area (Å²) in [5, 5.41) is 11.8. The highest BCUT2D eigenvalue weighted by atomic mass is 127. The monoisotopic (exact) mass is 545 g/mol. The number of carbonyl (C=O) groups is 2. The maximum atomic E-state index is 13.6. The number of fused-ring (bicyclic) bond motifs is 2. The summed E-state index contributed by atoms with van der Waals surface area (Å²) in [7, 11) is 1.48. The van der Waals surface area contributed by atoms with Crippen molar-refractivity contribution in [3.63, 3.8) is 0 Å². The number of nitro benzene ring substituents is 1. The van der Waals surface area contributed by atoms with E-state index in [1.54, 1.807) is 6.07 Å². The van der Waals surface area contributed by atoms with Crippen molar-refractivity contribution in [1.82, 2.24) is 0 Å². The van der Waals surface area contributed by atoms with Crippen molar-refractivity contribution in [1.29, 1.82) is 0 Å². The molecular weight excluding hydrogens is 517 g/mol. The third-order valence-electron chi connectivity index (χ3n) is 7.21. The molecule has 1 aliphatic heterocycles. The molecule has 1 saturated heterocycles. The Morgan fingerprint density at radius 2 is 1.87 bits per heavy atom. The summed E-state index contributed by atoms with van der Waals surface area (Å²) in [5.41, 5.74) is -3.56. The van der Waals surface area contributed by atoms with Crippen LogP contribution in [0.25, 0.3) is 0 Å². The molecule has 0 amide bonds. The van der Waals surface area contributed by atoms with Crippen LogP contribution >= 0.6 is 22.6 Å². The van der Waals surface area contributed by atoms with E-state index in [-0.39, 0.29) is 11.3 Å². The zero-order chi connectivity index (χ0) is 23.6. The quantitative estimate of drug-likeness (QED) is 0.223. The fourth-order valence-corrected chi connectivity index (χ4v) is 5.37. The molecular formula is C22H28INO7. The van der Waals surface area contributed by atoms with E-state index in [0.29, 0.717) is 22.2 Å². The lowest BCUT2D eigenvalue weighted by Gasteiger charge is -2.38. The highest BCUT2D eigenvalue weighted by molar-refractivity contribution is 14.1. The maximum Gasteiger partial charge on any atom is 0.351 e. The van der Waals surface area contributed by atoms with Crippen LogP contribution in [0.2, 0.25) is 0 Å². The summed E-state index contributed by atoms with van der Waals surface area (Å²) >= 11 is 1.96. The van der Waals surface area contributed by atoms with E-state index in [1.165, 1.54) is 13.2 Å². The zero-order valence-corrected chi connectivity index (χ0v) is 21.0. The first-order chi connectivity index (χ1) is 14.1. The highest BCUT2D eigenvalue weighted by Crippen LogP contribution is 2.66. The lowest BCUT2D eigenvalue weighted by atomic mass is 9.66. The first kappa shape index (κ1) is 23.7. The molecule has 170 valence electrons. The predicted octanol–water partition coefficient (Wildman–Crippen LogP) is 4.96. The minimum Gasteiger partial charge on any atom is -0.496 e. The van der Waals surface area contributed by atoms with Gasteiger partial charge in [-0.25, -0.2) is 4.79 Å². The molecule has 1 aliphatic carbocycles. The third-order valence-corrected chi connectivity index (χ3v) is 8.05. The van der Waals surface area contributed by atoms with Gasteiger partial charge in [0.05, 0.1) is 26.6 Å². The lowest BCUT2D eigenvalue weighted by molar-refractivity contribution is -0.386. The second-order valence-electron chi connectivity index (χ2n) is 10.1. The van der Waals surface area contributed by atoms with Crippen LogP contribution in [0.4, 0.5) is 5.69 Å². The van der Waals surface area contributed by atoms with E-state index in [0.717, 1.165) is 0 Å². The molecule has 0 N–H and O–H groups in total. The van der Waals surface area contributed by atoms with Gasteiger partial charge in [-0.15, -0.1) is 0 Å². The molecule has 0 aromatic heterocycles. The van der Waals surface area contributed by atoms with Gasteiger partial charge in [0.2, 0.25) is 5.60 Å². The minimum absolute atomic E-state index is 0.158. The second-order valence-corrected chi connectivity index (χ2v) is 11.3. The van der Waals surface area contributed by atoms with Crippen LogP contribution in [0, 0.1) is 29.9 Å². The first-order valence-electron chi connectivity index (χ1n) is 10.1. The van der Waals surface area contributed by atoms with Crippen LogP contribution < -0.4 is 4.74 Å². The predicted molar refractivity (Wildman–Crippen MR) is 121 cm³/mol. The Bertz CT molecular complexity index is 967. The van der Waals surface area contributed by atoms with E-state index in [2.05, 4.69) is 0 Å². The van der Waals surface area contributed by atoms with Crippen LogP contribution in [0.5, 0.6) is 5.75 Å². The highest BCUT2D eigenvalue weighted by Gasteiger charge is 2.76. The summed E-state index contributed by atoms with van der Waals surface area (Å²) in [6.07, 6.45) is -0.0792. The number of hydrogen-bond donors (Lipinski definition) is 0. The van der Waals surface area contributed by atoms with Crippen molar-refractivity contribution >= 4 is 40.2 Å². The van der Waals surface area contributed by atoms with Crippen molar-refractivity contribution in [2.24, 2.45) is 16.2 Å². The molecule has 1 saturated carbocycles. The van der Waals surface area contributed by atoms with Gasteiger partial charge in [0, 0.05) is 16.9 Å². The van der Waals surface area contributed by atoms with Gasteiger partial charge >= 0.3 is 11.9 Å². The average Bonchev–Trinajstić information content (AvgIpc) is 2.95. The van der Waals surface area contributed by atoms with Crippen molar-refractivity contribution in [3.05, 3.63) is 31.4 Å². The molecule has 0 radical (unpaired) electrons. The number of halogens is 1. The van der Waals surface area contributed by atoms with Crippen LogP contribution in [-0.4, -0.2) is 29.6 Å². The standard InChI is InChI=1S/C22H28INO7/c1-19(2,3)16(12-10-15(29-7)13(23)11-14(12)24(27)28)30-18(26)22-9-8-21(6,17(25)31-22)20(22,4)5/h10-11,16H,8-9H2,1-7H3/t16-,21+,22+/m0/s1. The molecule has 2 bridgehead atoms. The molecule has 0 spiro atoms. The molecule has 0 unspecified atom stereocenters. The molecule has 3 rings (SSSR count). The van der Waals surface area contributed by atoms with E-state index in [9.17, 15) is 19.7 Å². The number of ether oxygens (including phenoxy) is 3. The van der Waals surface area contributed by atoms with Crippen LogP contribution in [-0.2, 0) is 19.1 Å². The van der Waals surface area contributed by atoms with Crippen molar-refractivity contribution in [3.8, 4) is 5.75 Å². The topological polar surface area (TPSA) is 105 Å². The van der Waals surface area contributed by atoms with Crippen LogP contribution in [0.15, 0.2) is 12.1 Å². The summed E-state index contributed by atoms with van der Waals surface area (Å²) in [5.74, 6) is -0.625. The SMILES string of the molecule is COc1cc([C@H](OC(=O)[C@@]23CC[C@](C)(C(=O)O2)C3(C)C)C(C)(C)C)c([N+](=O)[O-])cc1I. The number of carbonyl (C=O) groups excluding carboxylic acids is 2. The Balaban J connectivity index is 2.09. The first-order valence-corrected chi connectivity index (χ1v) is 11.2.